The number of hydrogen-bond acceptors (Lipinski definition) is 3. The number of piperidine rings is 1. The molecular formula is C13H27N3O2S. The van der Waals surface area contributed by atoms with Crippen molar-refractivity contribution < 1.29 is 8.42 Å². The summed E-state index contributed by atoms with van der Waals surface area (Å²) in [5.74, 6) is 0.417. The van der Waals surface area contributed by atoms with Crippen LogP contribution in [-0.2, 0) is 10.2 Å². The predicted molar refractivity (Wildman–Crippen MR) is 79.2 cm³/mol. The zero-order chi connectivity index (χ0) is 14.3. The topological polar surface area (TPSA) is 52.7 Å². The van der Waals surface area contributed by atoms with Gasteiger partial charge in [0, 0.05) is 26.2 Å². The molecule has 6 heteroatoms. The van der Waals surface area contributed by atoms with Crippen molar-refractivity contribution in [2.75, 3.05) is 39.8 Å². The van der Waals surface area contributed by atoms with Crippen LogP contribution in [0.2, 0.25) is 0 Å². The summed E-state index contributed by atoms with van der Waals surface area (Å²) in [5.41, 5.74) is 0. The van der Waals surface area contributed by atoms with Crippen molar-refractivity contribution in [1.82, 2.24) is 13.9 Å². The van der Waals surface area contributed by atoms with E-state index in [0.29, 0.717) is 32.1 Å². The molecule has 0 aromatic rings. The van der Waals surface area contributed by atoms with Crippen molar-refractivity contribution in [2.45, 2.75) is 26.2 Å². The van der Waals surface area contributed by atoms with Crippen molar-refractivity contribution in [2.24, 2.45) is 5.92 Å². The van der Waals surface area contributed by atoms with Crippen LogP contribution in [-0.4, -0.2) is 56.8 Å². The maximum atomic E-state index is 12.6. The second kappa shape index (κ2) is 7.99. The first-order valence-electron chi connectivity index (χ1n) is 7.07. The van der Waals surface area contributed by atoms with Gasteiger partial charge in [0.2, 0.25) is 0 Å². The molecule has 1 fully saturated rings. The Bertz CT molecular complexity index is 368. The van der Waals surface area contributed by atoms with E-state index in [1.165, 1.54) is 4.31 Å². The predicted octanol–water partition coefficient (Wildman–Crippen LogP) is 1.06. The largest absolute Gasteiger partial charge is 0.319 e. The average Bonchev–Trinajstić information content (AvgIpc) is 2.39. The summed E-state index contributed by atoms with van der Waals surface area (Å²) in [5, 5.41) is 3.14. The Labute approximate surface area is 117 Å². The number of nitrogens with one attached hydrogen (secondary N) is 1. The van der Waals surface area contributed by atoms with E-state index in [9.17, 15) is 8.42 Å². The van der Waals surface area contributed by atoms with Crippen LogP contribution in [0, 0.1) is 5.92 Å². The minimum Gasteiger partial charge on any atom is -0.319 e. The summed E-state index contributed by atoms with van der Waals surface area (Å²) in [7, 11) is -1.42. The Balaban J connectivity index is 2.76. The van der Waals surface area contributed by atoms with Crippen molar-refractivity contribution in [3.8, 4) is 0 Å². The van der Waals surface area contributed by atoms with Gasteiger partial charge in [0.25, 0.3) is 10.2 Å². The van der Waals surface area contributed by atoms with Gasteiger partial charge < -0.3 is 5.32 Å². The second-order valence-corrected chi connectivity index (χ2v) is 7.01. The second-order valence-electron chi connectivity index (χ2n) is 5.08. The maximum absolute atomic E-state index is 12.6. The molecule has 0 saturated carbocycles. The quantitative estimate of drug-likeness (QED) is 0.680. The fraction of sp³-hybridized carbons (Fsp3) is 0.846. The van der Waals surface area contributed by atoms with Crippen LogP contribution >= 0.6 is 0 Å². The molecule has 112 valence electrons. The molecule has 1 aliphatic heterocycles. The van der Waals surface area contributed by atoms with Crippen molar-refractivity contribution in [3.05, 3.63) is 12.7 Å². The van der Waals surface area contributed by atoms with Crippen LogP contribution in [0.5, 0.6) is 0 Å². The molecular weight excluding hydrogens is 262 g/mol. The van der Waals surface area contributed by atoms with Crippen LogP contribution in [0.1, 0.15) is 26.2 Å². The minimum absolute atomic E-state index is 0.392. The molecule has 1 unspecified atom stereocenters. The fourth-order valence-corrected chi connectivity index (χ4v) is 4.34. The molecule has 0 amide bonds. The highest BCUT2D eigenvalue weighted by Crippen LogP contribution is 2.20. The average molecular weight is 289 g/mol. The van der Waals surface area contributed by atoms with Gasteiger partial charge in [-0.2, -0.15) is 17.0 Å². The first kappa shape index (κ1) is 16.6. The van der Waals surface area contributed by atoms with Crippen LogP contribution in [0.25, 0.3) is 0 Å². The van der Waals surface area contributed by atoms with Gasteiger partial charge >= 0.3 is 0 Å². The summed E-state index contributed by atoms with van der Waals surface area (Å²) in [6, 6.07) is 0. The van der Waals surface area contributed by atoms with Crippen molar-refractivity contribution in [3.63, 3.8) is 0 Å². The third kappa shape index (κ3) is 4.56. The minimum atomic E-state index is -3.33. The summed E-state index contributed by atoms with van der Waals surface area (Å²) < 4.78 is 28.4. The molecule has 0 bridgehead atoms. The Hall–Kier alpha value is -0.430. The van der Waals surface area contributed by atoms with Gasteiger partial charge in [-0.1, -0.05) is 13.0 Å². The molecule has 1 aliphatic rings. The lowest BCUT2D eigenvalue weighted by molar-refractivity contribution is 0.246. The Morgan fingerprint density at radius 1 is 1.53 bits per heavy atom. The third-order valence-corrected chi connectivity index (χ3v) is 5.40. The molecule has 0 aromatic carbocycles. The maximum Gasteiger partial charge on any atom is 0.282 e. The first-order valence-corrected chi connectivity index (χ1v) is 8.46. The smallest absolute Gasteiger partial charge is 0.282 e. The summed E-state index contributed by atoms with van der Waals surface area (Å²) in [6.45, 7) is 8.73. The van der Waals surface area contributed by atoms with Crippen molar-refractivity contribution >= 4 is 10.2 Å². The zero-order valence-corrected chi connectivity index (χ0v) is 13.0. The first-order chi connectivity index (χ1) is 9.06. The molecule has 1 heterocycles. The lowest BCUT2D eigenvalue weighted by Crippen LogP contribution is -2.49. The highest BCUT2D eigenvalue weighted by molar-refractivity contribution is 7.86. The van der Waals surface area contributed by atoms with Gasteiger partial charge in [-0.05, 0) is 38.8 Å². The molecule has 0 spiro atoms. The number of nitrogens with zero attached hydrogens (tertiary/aromatic N) is 2. The molecule has 19 heavy (non-hydrogen) atoms. The summed E-state index contributed by atoms with van der Waals surface area (Å²) >= 11 is 0. The Morgan fingerprint density at radius 3 is 2.84 bits per heavy atom. The normalized spacial score (nSPS) is 21.7. The molecule has 1 N–H and O–H groups in total. The van der Waals surface area contributed by atoms with E-state index < -0.39 is 10.2 Å². The Morgan fingerprint density at radius 2 is 2.26 bits per heavy atom. The summed E-state index contributed by atoms with van der Waals surface area (Å²) in [6.07, 6.45) is 4.52. The lowest BCUT2D eigenvalue weighted by atomic mass is 10.00. The van der Waals surface area contributed by atoms with E-state index in [1.807, 2.05) is 14.0 Å². The van der Waals surface area contributed by atoms with E-state index in [0.717, 1.165) is 25.8 Å². The molecule has 1 rings (SSSR count). The highest BCUT2D eigenvalue weighted by atomic mass is 32.2. The molecule has 5 nitrogen and oxygen atoms in total. The van der Waals surface area contributed by atoms with E-state index in [-0.39, 0.29) is 0 Å². The van der Waals surface area contributed by atoms with Gasteiger partial charge in [0.15, 0.2) is 0 Å². The molecule has 1 atom stereocenters. The van der Waals surface area contributed by atoms with Crippen LogP contribution in [0.4, 0.5) is 0 Å². The van der Waals surface area contributed by atoms with Crippen LogP contribution in [0.3, 0.4) is 0 Å². The number of rotatable bonds is 8. The van der Waals surface area contributed by atoms with Gasteiger partial charge in [-0.25, -0.2) is 0 Å². The number of hydrogen-bond donors (Lipinski definition) is 1. The molecule has 1 saturated heterocycles. The van der Waals surface area contributed by atoms with Gasteiger partial charge in [-0.3, -0.25) is 0 Å². The molecule has 0 aromatic heterocycles. The standard InChI is InChI=1S/C13H27N3O2S/c1-4-8-15(9-5-2)19(17,18)16-10-6-7-13(12-16)11-14-3/h4,13-14H,1,5-12H2,2-3H3. The van der Waals surface area contributed by atoms with E-state index in [2.05, 4.69) is 11.9 Å². The molecule has 0 aliphatic carbocycles. The van der Waals surface area contributed by atoms with Gasteiger partial charge in [0.05, 0.1) is 0 Å². The van der Waals surface area contributed by atoms with E-state index in [4.69, 9.17) is 0 Å². The monoisotopic (exact) mass is 289 g/mol. The SMILES string of the molecule is C=CCN(CCC)S(=O)(=O)N1CCCC(CNC)C1. The third-order valence-electron chi connectivity index (χ3n) is 3.43. The Kier molecular flexibility index (Phi) is 6.99. The van der Waals surface area contributed by atoms with Crippen LogP contribution in [0.15, 0.2) is 12.7 Å². The van der Waals surface area contributed by atoms with Crippen LogP contribution < -0.4 is 5.32 Å². The fourth-order valence-electron chi connectivity index (χ4n) is 2.55. The highest BCUT2D eigenvalue weighted by Gasteiger charge is 2.32. The zero-order valence-electron chi connectivity index (χ0n) is 12.1. The van der Waals surface area contributed by atoms with Gasteiger partial charge in [-0.15, -0.1) is 6.58 Å². The van der Waals surface area contributed by atoms with Gasteiger partial charge in [0.1, 0.15) is 0 Å². The van der Waals surface area contributed by atoms with Crippen molar-refractivity contribution in [1.29, 1.82) is 0 Å². The lowest BCUT2D eigenvalue weighted by Gasteiger charge is -2.35. The van der Waals surface area contributed by atoms with E-state index in [1.54, 1.807) is 10.4 Å². The van der Waals surface area contributed by atoms with E-state index >= 15 is 0 Å². The molecule has 0 radical (unpaired) electrons. The summed E-state index contributed by atoms with van der Waals surface area (Å²) in [4.78, 5) is 0.